The number of carbonyl (C=O) groups is 3. The van der Waals surface area contributed by atoms with Crippen LogP contribution in [0.3, 0.4) is 0 Å². The molecule has 1 heterocycles. The number of benzene rings is 1. The molecule has 1 saturated heterocycles. The Morgan fingerprint density at radius 2 is 1.62 bits per heavy atom. The van der Waals surface area contributed by atoms with Gasteiger partial charge in [0.1, 0.15) is 0 Å². The molecule has 7 heteroatoms. The summed E-state index contributed by atoms with van der Waals surface area (Å²) in [5.74, 6) is 0.0495. The van der Waals surface area contributed by atoms with Gasteiger partial charge in [0.05, 0.1) is 10.7 Å². The van der Waals surface area contributed by atoms with Gasteiger partial charge in [0.25, 0.3) is 0 Å². The molecule has 1 aromatic carbocycles. The van der Waals surface area contributed by atoms with Gasteiger partial charge >= 0.3 is 0 Å². The Balaban J connectivity index is 1.48. The molecule has 0 unspecified atom stereocenters. The lowest BCUT2D eigenvalue weighted by atomic mass is 9.80. The smallest absolute Gasteiger partial charge is 0.227 e. The van der Waals surface area contributed by atoms with E-state index in [0.717, 1.165) is 19.3 Å². The lowest BCUT2D eigenvalue weighted by Gasteiger charge is -2.36. The average Bonchev–Trinajstić information content (AvgIpc) is 2.69. The van der Waals surface area contributed by atoms with Crippen LogP contribution in [-0.4, -0.2) is 54.2 Å². The molecule has 0 atom stereocenters. The van der Waals surface area contributed by atoms with E-state index in [1.807, 2.05) is 17.0 Å². The Hall–Kier alpha value is -2.08. The van der Waals surface area contributed by atoms with Crippen LogP contribution >= 0.6 is 11.6 Å². The topological polar surface area (TPSA) is 69.7 Å². The Labute approximate surface area is 158 Å². The van der Waals surface area contributed by atoms with Crippen molar-refractivity contribution in [3.05, 3.63) is 29.3 Å². The van der Waals surface area contributed by atoms with Gasteiger partial charge < -0.3 is 15.1 Å². The van der Waals surface area contributed by atoms with Gasteiger partial charge in [0, 0.05) is 38.0 Å². The number of nitrogens with zero attached hydrogens (tertiary/aromatic N) is 2. The average molecular weight is 378 g/mol. The highest BCUT2D eigenvalue weighted by Crippen LogP contribution is 2.32. The van der Waals surface area contributed by atoms with Crippen LogP contribution in [0.2, 0.25) is 5.02 Å². The molecule has 3 amide bonds. The quantitative estimate of drug-likeness (QED) is 0.819. The second-order valence-electron chi connectivity index (χ2n) is 6.98. The van der Waals surface area contributed by atoms with Crippen LogP contribution in [0.4, 0.5) is 5.69 Å². The molecule has 0 spiro atoms. The van der Waals surface area contributed by atoms with Crippen LogP contribution in [0.25, 0.3) is 0 Å². The fourth-order valence-corrected chi connectivity index (χ4v) is 3.89. The molecule has 2 fully saturated rings. The summed E-state index contributed by atoms with van der Waals surface area (Å²) in [4.78, 5) is 39.4. The minimum absolute atomic E-state index is 0.0119. The minimum atomic E-state index is -0.0813. The number of amides is 3. The number of halogens is 1. The van der Waals surface area contributed by atoms with E-state index in [9.17, 15) is 14.4 Å². The van der Waals surface area contributed by atoms with Gasteiger partial charge in [-0.15, -0.1) is 0 Å². The van der Waals surface area contributed by atoms with E-state index in [4.69, 9.17) is 11.6 Å². The van der Waals surface area contributed by atoms with Crippen LogP contribution in [0, 0.1) is 11.8 Å². The second kappa shape index (κ2) is 8.54. The van der Waals surface area contributed by atoms with Gasteiger partial charge in [0.2, 0.25) is 18.2 Å². The molecule has 140 valence electrons. The second-order valence-corrected chi connectivity index (χ2v) is 7.39. The molecular weight excluding hydrogens is 354 g/mol. The number of piperazine rings is 1. The summed E-state index contributed by atoms with van der Waals surface area (Å²) < 4.78 is 0. The highest BCUT2D eigenvalue weighted by Gasteiger charge is 2.33. The van der Waals surface area contributed by atoms with Crippen LogP contribution in [-0.2, 0) is 14.4 Å². The van der Waals surface area contributed by atoms with Crippen LogP contribution in [0.5, 0.6) is 0 Å². The Bertz CT molecular complexity index is 666. The monoisotopic (exact) mass is 377 g/mol. The summed E-state index contributed by atoms with van der Waals surface area (Å²) in [7, 11) is 0. The lowest BCUT2D eigenvalue weighted by molar-refractivity contribution is -0.140. The van der Waals surface area contributed by atoms with E-state index in [2.05, 4.69) is 5.32 Å². The summed E-state index contributed by atoms with van der Waals surface area (Å²) in [5, 5.41) is 3.42. The SMILES string of the molecule is O=CN1CCN(C(=O)C2CCC(C(=O)Nc3ccccc3Cl)CC2)CC1. The van der Waals surface area contributed by atoms with Crippen LogP contribution in [0.15, 0.2) is 24.3 Å². The van der Waals surface area contributed by atoms with E-state index >= 15 is 0 Å². The maximum atomic E-state index is 12.7. The van der Waals surface area contributed by atoms with E-state index in [1.54, 1.807) is 17.0 Å². The highest BCUT2D eigenvalue weighted by molar-refractivity contribution is 6.33. The zero-order valence-electron chi connectivity index (χ0n) is 14.7. The Kier molecular flexibility index (Phi) is 6.14. The lowest BCUT2D eigenvalue weighted by Crippen LogP contribution is -2.50. The maximum Gasteiger partial charge on any atom is 0.227 e. The van der Waals surface area contributed by atoms with Crippen molar-refractivity contribution in [3.8, 4) is 0 Å². The molecule has 6 nitrogen and oxygen atoms in total. The molecule has 0 bridgehead atoms. The minimum Gasteiger partial charge on any atom is -0.342 e. The molecule has 2 aliphatic rings. The van der Waals surface area contributed by atoms with Gasteiger partial charge in [-0.05, 0) is 37.8 Å². The first-order chi connectivity index (χ1) is 12.6. The zero-order valence-corrected chi connectivity index (χ0v) is 15.5. The molecule has 1 saturated carbocycles. The third kappa shape index (κ3) is 4.36. The van der Waals surface area contributed by atoms with Crippen molar-refractivity contribution in [1.29, 1.82) is 0 Å². The molecule has 26 heavy (non-hydrogen) atoms. The molecule has 0 aromatic heterocycles. The van der Waals surface area contributed by atoms with E-state index in [0.29, 0.717) is 49.7 Å². The van der Waals surface area contributed by atoms with Crippen molar-refractivity contribution < 1.29 is 14.4 Å². The van der Waals surface area contributed by atoms with E-state index in [-0.39, 0.29) is 23.7 Å². The van der Waals surface area contributed by atoms with E-state index in [1.165, 1.54) is 0 Å². The van der Waals surface area contributed by atoms with Crippen molar-refractivity contribution in [3.63, 3.8) is 0 Å². The fourth-order valence-electron chi connectivity index (χ4n) is 3.71. The van der Waals surface area contributed by atoms with Gasteiger partial charge in [-0.3, -0.25) is 14.4 Å². The molecule has 1 aromatic rings. The maximum absolute atomic E-state index is 12.7. The summed E-state index contributed by atoms with van der Waals surface area (Å²) in [5.41, 5.74) is 0.630. The Morgan fingerprint density at radius 1 is 1.00 bits per heavy atom. The predicted octanol–water partition coefficient (Wildman–Crippen LogP) is 2.39. The first-order valence-corrected chi connectivity index (χ1v) is 9.50. The number of nitrogens with one attached hydrogen (secondary N) is 1. The van der Waals surface area contributed by atoms with Crippen LogP contribution < -0.4 is 5.32 Å². The van der Waals surface area contributed by atoms with Gasteiger partial charge in [-0.2, -0.15) is 0 Å². The molecule has 1 N–H and O–H groups in total. The van der Waals surface area contributed by atoms with Crippen molar-refractivity contribution in [1.82, 2.24) is 9.80 Å². The van der Waals surface area contributed by atoms with Gasteiger partial charge in [-0.25, -0.2) is 0 Å². The zero-order chi connectivity index (χ0) is 18.5. The molecule has 0 radical (unpaired) electrons. The number of para-hydroxylation sites is 1. The van der Waals surface area contributed by atoms with Crippen molar-refractivity contribution in [2.45, 2.75) is 25.7 Å². The molecule has 1 aliphatic heterocycles. The van der Waals surface area contributed by atoms with Crippen molar-refractivity contribution in [2.24, 2.45) is 11.8 Å². The summed E-state index contributed by atoms with van der Waals surface area (Å²) in [6, 6.07) is 7.19. The molecular formula is C19H24ClN3O3. The third-order valence-corrected chi connectivity index (χ3v) is 5.68. The first kappa shape index (κ1) is 18.7. The summed E-state index contributed by atoms with van der Waals surface area (Å²) >= 11 is 6.09. The van der Waals surface area contributed by atoms with Crippen LogP contribution in [0.1, 0.15) is 25.7 Å². The first-order valence-electron chi connectivity index (χ1n) is 9.12. The number of hydrogen-bond donors (Lipinski definition) is 1. The summed E-state index contributed by atoms with van der Waals surface area (Å²) in [6.45, 7) is 2.41. The Morgan fingerprint density at radius 3 is 2.23 bits per heavy atom. The molecule has 1 aliphatic carbocycles. The fraction of sp³-hybridized carbons (Fsp3) is 0.526. The van der Waals surface area contributed by atoms with Crippen molar-refractivity contribution >= 4 is 35.5 Å². The predicted molar refractivity (Wildman–Crippen MR) is 99.7 cm³/mol. The van der Waals surface area contributed by atoms with Crippen molar-refractivity contribution in [2.75, 3.05) is 31.5 Å². The number of rotatable bonds is 4. The highest BCUT2D eigenvalue weighted by atomic mass is 35.5. The standard InChI is InChI=1S/C19H24ClN3O3/c20-16-3-1-2-4-17(16)21-18(25)14-5-7-15(8-6-14)19(26)23-11-9-22(13-24)10-12-23/h1-4,13-15H,5-12H2,(H,21,25). The molecule has 3 rings (SSSR count). The normalized spacial score (nSPS) is 23.4. The number of carbonyl (C=O) groups excluding carboxylic acids is 3. The largest absolute Gasteiger partial charge is 0.342 e. The van der Waals surface area contributed by atoms with Gasteiger partial charge in [0.15, 0.2) is 0 Å². The van der Waals surface area contributed by atoms with Gasteiger partial charge in [-0.1, -0.05) is 23.7 Å². The summed E-state index contributed by atoms with van der Waals surface area (Å²) in [6.07, 6.45) is 3.72. The third-order valence-electron chi connectivity index (χ3n) is 5.35. The number of hydrogen-bond acceptors (Lipinski definition) is 3. The number of anilines is 1. The van der Waals surface area contributed by atoms with E-state index < -0.39 is 0 Å².